The number of hydrogen-bond acceptors (Lipinski definition) is 5. The van der Waals surface area contributed by atoms with Gasteiger partial charge in [0.2, 0.25) is 0 Å². The number of carbonyl (C=O) groups excluding carboxylic acids is 2. The van der Waals surface area contributed by atoms with Gasteiger partial charge in [0.05, 0.1) is 30.9 Å². The molecule has 1 aliphatic rings. The van der Waals surface area contributed by atoms with E-state index in [-0.39, 0.29) is 16.9 Å². The van der Waals surface area contributed by atoms with E-state index in [4.69, 9.17) is 21.1 Å². The van der Waals surface area contributed by atoms with E-state index in [0.717, 1.165) is 0 Å². The fourth-order valence-electron chi connectivity index (χ4n) is 3.65. The van der Waals surface area contributed by atoms with Crippen LogP contribution in [0.25, 0.3) is 5.76 Å². The smallest absolute Gasteiger partial charge is 0.295 e. The Morgan fingerprint density at radius 3 is 2.60 bits per heavy atom. The van der Waals surface area contributed by atoms with E-state index in [1.807, 2.05) is 19.9 Å². The summed E-state index contributed by atoms with van der Waals surface area (Å²) in [5.41, 5.74) is 0.935. The van der Waals surface area contributed by atoms with Gasteiger partial charge in [-0.05, 0) is 49.2 Å². The van der Waals surface area contributed by atoms with Crippen molar-refractivity contribution in [1.29, 1.82) is 0 Å². The summed E-state index contributed by atoms with van der Waals surface area (Å²) < 4.78 is 10.9. The van der Waals surface area contributed by atoms with Crippen LogP contribution in [0.15, 0.2) is 48.0 Å². The van der Waals surface area contributed by atoms with Crippen LogP contribution in [0.2, 0.25) is 5.02 Å². The third kappa shape index (κ3) is 4.00. The van der Waals surface area contributed by atoms with E-state index in [9.17, 15) is 14.7 Å². The van der Waals surface area contributed by atoms with Crippen molar-refractivity contribution in [2.24, 2.45) is 0 Å². The summed E-state index contributed by atoms with van der Waals surface area (Å²) in [6.07, 6.45) is 0.662. The lowest BCUT2D eigenvalue weighted by molar-refractivity contribution is -0.139. The van der Waals surface area contributed by atoms with Crippen molar-refractivity contribution in [2.75, 3.05) is 20.3 Å². The molecule has 1 heterocycles. The number of ether oxygens (including phenoxy) is 2. The second-order valence-corrected chi connectivity index (χ2v) is 7.28. The van der Waals surface area contributed by atoms with Crippen LogP contribution in [0.5, 0.6) is 11.5 Å². The molecule has 0 bridgehead atoms. The van der Waals surface area contributed by atoms with Crippen LogP contribution < -0.4 is 9.47 Å². The number of hydrogen-bond donors (Lipinski definition) is 1. The van der Waals surface area contributed by atoms with Gasteiger partial charge in [-0.15, -0.1) is 0 Å². The first-order chi connectivity index (χ1) is 14.4. The van der Waals surface area contributed by atoms with Crippen LogP contribution in [0, 0.1) is 0 Å². The molecule has 1 atom stereocenters. The Balaban J connectivity index is 2.23. The molecule has 0 aromatic heterocycles. The third-order valence-electron chi connectivity index (χ3n) is 4.91. The highest BCUT2D eigenvalue weighted by Crippen LogP contribution is 2.42. The minimum Gasteiger partial charge on any atom is -0.507 e. The zero-order valence-electron chi connectivity index (χ0n) is 17.1. The molecule has 0 spiro atoms. The number of methoxy groups -OCH3 is 1. The molecule has 1 fully saturated rings. The maximum absolute atomic E-state index is 13.0. The van der Waals surface area contributed by atoms with Crippen molar-refractivity contribution < 1.29 is 24.2 Å². The minimum atomic E-state index is -0.742. The number of benzene rings is 2. The predicted molar refractivity (Wildman–Crippen MR) is 115 cm³/mol. The average molecular weight is 430 g/mol. The third-order valence-corrected chi connectivity index (χ3v) is 5.14. The van der Waals surface area contributed by atoms with E-state index < -0.39 is 17.7 Å². The fraction of sp³-hybridized carbons (Fsp3) is 0.304. The van der Waals surface area contributed by atoms with Crippen LogP contribution in [-0.4, -0.2) is 42.0 Å². The van der Waals surface area contributed by atoms with Gasteiger partial charge in [-0.25, -0.2) is 0 Å². The lowest BCUT2D eigenvalue weighted by Gasteiger charge is -2.25. The Bertz CT molecular complexity index is 1000. The number of Topliss-reactive ketones (excluding diaryl/α,β-unsaturated/α-hetero) is 1. The number of likely N-dealkylation sites (tertiary alicyclic amines) is 1. The quantitative estimate of drug-likeness (QED) is 0.396. The van der Waals surface area contributed by atoms with E-state index in [1.54, 1.807) is 30.3 Å². The van der Waals surface area contributed by atoms with Crippen molar-refractivity contribution >= 4 is 29.1 Å². The number of ketones is 1. The first-order valence-corrected chi connectivity index (χ1v) is 10.2. The normalized spacial score (nSPS) is 18.0. The molecule has 158 valence electrons. The summed E-state index contributed by atoms with van der Waals surface area (Å²) in [5, 5.41) is 11.5. The Morgan fingerprint density at radius 1 is 1.17 bits per heavy atom. The number of amides is 1. The Hall–Kier alpha value is -2.99. The standard InChI is InChI=1S/C23H24ClNO5/c1-4-11-25-20(14-7-6-8-16(12-14)30-5-2)19(22(27)23(25)28)21(26)17-13-15(24)9-10-18(17)29-3/h6-10,12-13,20,26H,4-5,11H2,1-3H3/b21-19+. The lowest BCUT2D eigenvalue weighted by Crippen LogP contribution is -2.30. The zero-order valence-corrected chi connectivity index (χ0v) is 17.9. The first kappa shape index (κ1) is 21.7. The molecule has 1 N–H and O–H groups in total. The van der Waals surface area contributed by atoms with Gasteiger partial charge in [0.25, 0.3) is 11.7 Å². The van der Waals surface area contributed by atoms with Crippen molar-refractivity contribution in [1.82, 2.24) is 4.90 Å². The van der Waals surface area contributed by atoms with Crippen molar-refractivity contribution in [2.45, 2.75) is 26.3 Å². The highest BCUT2D eigenvalue weighted by Gasteiger charge is 2.46. The largest absolute Gasteiger partial charge is 0.507 e. The highest BCUT2D eigenvalue weighted by atomic mass is 35.5. The molecule has 2 aromatic rings. The van der Waals surface area contributed by atoms with Crippen molar-refractivity contribution in [3.63, 3.8) is 0 Å². The minimum absolute atomic E-state index is 0.00247. The first-order valence-electron chi connectivity index (χ1n) is 9.78. The monoisotopic (exact) mass is 429 g/mol. The zero-order chi connectivity index (χ0) is 21.8. The van der Waals surface area contributed by atoms with Gasteiger partial charge < -0.3 is 19.5 Å². The molecular formula is C23H24ClNO5. The number of rotatable bonds is 7. The summed E-state index contributed by atoms with van der Waals surface area (Å²) in [6.45, 7) is 4.66. The van der Waals surface area contributed by atoms with Gasteiger partial charge in [0, 0.05) is 11.6 Å². The molecule has 3 rings (SSSR count). The molecule has 2 aromatic carbocycles. The number of aliphatic hydroxyl groups excluding tert-OH is 1. The Labute approximate surface area is 180 Å². The SMILES string of the molecule is CCCN1C(=O)C(=O)/C(=C(/O)c2cc(Cl)ccc2OC)C1c1cccc(OCC)c1. The summed E-state index contributed by atoms with van der Waals surface area (Å²) in [6, 6.07) is 11.2. The number of aliphatic hydroxyl groups is 1. The van der Waals surface area contributed by atoms with Crippen LogP contribution >= 0.6 is 11.6 Å². The molecule has 6 nitrogen and oxygen atoms in total. The van der Waals surface area contributed by atoms with Gasteiger partial charge in [0.15, 0.2) is 0 Å². The molecular weight excluding hydrogens is 406 g/mol. The highest BCUT2D eigenvalue weighted by molar-refractivity contribution is 6.46. The summed E-state index contributed by atoms with van der Waals surface area (Å²) in [5.74, 6) is -0.739. The molecule has 1 amide bonds. The van der Waals surface area contributed by atoms with Gasteiger partial charge in [-0.2, -0.15) is 0 Å². The second-order valence-electron chi connectivity index (χ2n) is 6.84. The predicted octanol–water partition coefficient (Wildman–Crippen LogP) is 4.58. The summed E-state index contributed by atoms with van der Waals surface area (Å²) >= 11 is 6.11. The Kier molecular flexibility index (Phi) is 6.67. The molecule has 1 saturated heterocycles. The maximum Gasteiger partial charge on any atom is 0.295 e. The summed E-state index contributed by atoms with van der Waals surface area (Å²) in [7, 11) is 1.46. The molecule has 0 saturated carbocycles. The van der Waals surface area contributed by atoms with Crippen LogP contribution in [0.1, 0.15) is 37.4 Å². The van der Waals surface area contributed by atoms with Crippen LogP contribution in [-0.2, 0) is 9.59 Å². The van der Waals surface area contributed by atoms with Crippen LogP contribution in [0.4, 0.5) is 0 Å². The van der Waals surface area contributed by atoms with Crippen molar-refractivity contribution in [3.05, 3.63) is 64.2 Å². The molecule has 7 heteroatoms. The van der Waals surface area contributed by atoms with Gasteiger partial charge >= 0.3 is 0 Å². The van der Waals surface area contributed by atoms with E-state index >= 15 is 0 Å². The van der Waals surface area contributed by atoms with Gasteiger partial charge in [0.1, 0.15) is 17.3 Å². The topological polar surface area (TPSA) is 76.1 Å². The van der Waals surface area contributed by atoms with E-state index in [1.165, 1.54) is 18.1 Å². The molecule has 1 unspecified atom stereocenters. The molecule has 1 aliphatic heterocycles. The maximum atomic E-state index is 13.0. The lowest BCUT2D eigenvalue weighted by atomic mass is 9.94. The van der Waals surface area contributed by atoms with E-state index in [2.05, 4.69) is 0 Å². The van der Waals surface area contributed by atoms with Crippen molar-refractivity contribution in [3.8, 4) is 11.5 Å². The van der Waals surface area contributed by atoms with Crippen LogP contribution in [0.3, 0.4) is 0 Å². The number of carbonyl (C=O) groups is 2. The second kappa shape index (κ2) is 9.22. The van der Waals surface area contributed by atoms with Gasteiger partial charge in [-0.3, -0.25) is 9.59 Å². The van der Waals surface area contributed by atoms with Gasteiger partial charge in [-0.1, -0.05) is 30.7 Å². The molecule has 30 heavy (non-hydrogen) atoms. The Morgan fingerprint density at radius 2 is 1.93 bits per heavy atom. The molecule has 0 radical (unpaired) electrons. The average Bonchev–Trinajstić information content (AvgIpc) is 2.99. The molecule has 0 aliphatic carbocycles. The fourth-order valence-corrected chi connectivity index (χ4v) is 3.82. The number of nitrogens with zero attached hydrogens (tertiary/aromatic N) is 1. The number of halogens is 1. The van der Waals surface area contributed by atoms with E-state index in [0.29, 0.717) is 41.7 Å². The summed E-state index contributed by atoms with van der Waals surface area (Å²) in [4.78, 5) is 27.3.